The summed E-state index contributed by atoms with van der Waals surface area (Å²) in [7, 11) is 0. The maximum Gasteiger partial charge on any atom is 0.190 e. The lowest BCUT2D eigenvalue weighted by atomic mass is 9.80. The minimum absolute atomic E-state index is 0.0248. The zero-order chi connectivity index (χ0) is 14.1. The zero-order valence-electron chi connectivity index (χ0n) is 11.5. The van der Waals surface area contributed by atoms with E-state index in [4.69, 9.17) is 0 Å². The number of hydrogen-bond donors (Lipinski definition) is 1. The maximum absolute atomic E-state index is 12.3. The van der Waals surface area contributed by atoms with Gasteiger partial charge in [-0.2, -0.15) is 5.11 Å². The van der Waals surface area contributed by atoms with Crippen LogP contribution in [0.5, 0.6) is 0 Å². The van der Waals surface area contributed by atoms with Gasteiger partial charge in [0.2, 0.25) is 0 Å². The van der Waals surface area contributed by atoms with Gasteiger partial charge in [0, 0.05) is 11.8 Å². The summed E-state index contributed by atoms with van der Waals surface area (Å²) in [4.78, 5) is 12.3. The van der Waals surface area contributed by atoms with Crippen LogP contribution in [0.1, 0.15) is 31.2 Å². The second kappa shape index (κ2) is 5.19. The number of benzene rings is 1. The fourth-order valence-corrected chi connectivity index (χ4v) is 3.07. The van der Waals surface area contributed by atoms with Gasteiger partial charge in [-0.3, -0.25) is 4.79 Å². The van der Waals surface area contributed by atoms with Crippen LogP contribution in [-0.4, -0.2) is 10.9 Å². The SMILES string of the molecule is Cc1ccc(N=NC2=C(O)C3CCCCC3C2=O)cc1. The third-order valence-electron chi connectivity index (χ3n) is 4.23. The molecule has 0 spiro atoms. The van der Waals surface area contributed by atoms with Crippen LogP contribution < -0.4 is 0 Å². The molecule has 0 radical (unpaired) electrons. The van der Waals surface area contributed by atoms with Crippen LogP contribution in [0, 0.1) is 18.8 Å². The number of aliphatic hydroxyl groups is 1. The first-order valence-corrected chi connectivity index (χ1v) is 7.12. The number of nitrogens with zero attached hydrogens (tertiary/aromatic N) is 2. The van der Waals surface area contributed by atoms with Gasteiger partial charge in [0.1, 0.15) is 5.76 Å². The van der Waals surface area contributed by atoms with E-state index in [1.807, 2.05) is 31.2 Å². The van der Waals surface area contributed by atoms with Gasteiger partial charge in [0.05, 0.1) is 5.69 Å². The molecule has 1 saturated carbocycles. The number of azo groups is 1. The van der Waals surface area contributed by atoms with Gasteiger partial charge in [-0.1, -0.05) is 30.5 Å². The number of hydrogen-bond acceptors (Lipinski definition) is 4. The molecular weight excluding hydrogens is 252 g/mol. The summed E-state index contributed by atoms with van der Waals surface area (Å²) in [5.74, 6) is 0.0116. The fraction of sp³-hybridized carbons (Fsp3) is 0.438. The average molecular weight is 270 g/mol. The van der Waals surface area contributed by atoms with Crippen molar-refractivity contribution >= 4 is 11.5 Å². The van der Waals surface area contributed by atoms with Crippen molar-refractivity contribution in [2.24, 2.45) is 22.1 Å². The van der Waals surface area contributed by atoms with Crippen molar-refractivity contribution in [2.75, 3.05) is 0 Å². The van der Waals surface area contributed by atoms with Crippen molar-refractivity contribution in [3.63, 3.8) is 0 Å². The second-order valence-corrected chi connectivity index (χ2v) is 5.63. The Hall–Kier alpha value is -1.97. The number of carbonyl (C=O) groups excluding carboxylic acids is 1. The molecule has 2 atom stereocenters. The fourth-order valence-electron chi connectivity index (χ4n) is 3.07. The van der Waals surface area contributed by atoms with E-state index in [1.165, 1.54) is 0 Å². The number of carbonyl (C=O) groups is 1. The summed E-state index contributed by atoms with van der Waals surface area (Å²) in [6.07, 6.45) is 3.87. The van der Waals surface area contributed by atoms with Crippen LogP contribution in [0.25, 0.3) is 0 Å². The molecular formula is C16H18N2O2. The van der Waals surface area contributed by atoms with E-state index >= 15 is 0 Å². The lowest BCUT2D eigenvalue weighted by Crippen LogP contribution is -2.21. The molecule has 104 valence electrons. The number of aliphatic hydroxyl groups excluding tert-OH is 1. The van der Waals surface area contributed by atoms with Gasteiger partial charge in [-0.15, -0.1) is 5.11 Å². The van der Waals surface area contributed by atoms with E-state index in [0.29, 0.717) is 5.69 Å². The van der Waals surface area contributed by atoms with Crippen LogP contribution >= 0.6 is 0 Å². The minimum Gasteiger partial charge on any atom is -0.510 e. The first-order chi connectivity index (χ1) is 9.66. The molecule has 2 unspecified atom stereocenters. The highest BCUT2D eigenvalue weighted by Gasteiger charge is 2.43. The van der Waals surface area contributed by atoms with Crippen LogP contribution in [0.3, 0.4) is 0 Å². The second-order valence-electron chi connectivity index (χ2n) is 5.63. The number of fused-ring (bicyclic) bond motifs is 1. The van der Waals surface area contributed by atoms with Gasteiger partial charge in [0.15, 0.2) is 11.5 Å². The van der Waals surface area contributed by atoms with E-state index in [0.717, 1.165) is 31.2 Å². The van der Waals surface area contributed by atoms with Crippen molar-refractivity contribution in [2.45, 2.75) is 32.6 Å². The van der Waals surface area contributed by atoms with Crippen molar-refractivity contribution in [1.29, 1.82) is 0 Å². The number of allylic oxidation sites excluding steroid dienone is 2. The molecule has 0 amide bonds. The predicted octanol–water partition coefficient (Wildman–Crippen LogP) is 4.24. The highest BCUT2D eigenvalue weighted by molar-refractivity contribution is 6.00. The summed E-state index contributed by atoms with van der Waals surface area (Å²) >= 11 is 0. The molecule has 0 bridgehead atoms. The molecule has 2 aliphatic carbocycles. The van der Waals surface area contributed by atoms with E-state index < -0.39 is 0 Å². The Kier molecular flexibility index (Phi) is 3.38. The van der Waals surface area contributed by atoms with Gasteiger partial charge >= 0.3 is 0 Å². The smallest absolute Gasteiger partial charge is 0.190 e. The van der Waals surface area contributed by atoms with Crippen LogP contribution in [0.2, 0.25) is 0 Å². The van der Waals surface area contributed by atoms with Gasteiger partial charge < -0.3 is 5.11 Å². The number of Topliss-reactive ketones (excluding diaryl/α,β-unsaturated/α-hetero) is 1. The van der Waals surface area contributed by atoms with Crippen LogP contribution in [-0.2, 0) is 4.79 Å². The Labute approximate surface area is 118 Å². The predicted molar refractivity (Wildman–Crippen MR) is 75.8 cm³/mol. The van der Waals surface area contributed by atoms with Gasteiger partial charge in [-0.25, -0.2) is 0 Å². The first-order valence-electron chi connectivity index (χ1n) is 7.12. The Balaban J connectivity index is 1.84. The molecule has 1 aromatic carbocycles. The highest BCUT2D eigenvalue weighted by atomic mass is 16.3. The molecule has 4 nitrogen and oxygen atoms in total. The normalized spacial score (nSPS) is 26.4. The van der Waals surface area contributed by atoms with Crippen molar-refractivity contribution < 1.29 is 9.90 Å². The molecule has 1 fully saturated rings. The van der Waals surface area contributed by atoms with Crippen molar-refractivity contribution in [3.8, 4) is 0 Å². The largest absolute Gasteiger partial charge is 0.510 e. The summed E-state index contributed by atoms with van der Waals surface area (Å²) in [5.41, 5.74) is 2.01. The molecule has 1 N–H and O–H groups in total. The molecule has 0 heterocycles. The standard InChI is InChI=1S/C16H18N2O2/c1-10-6-8-11(9-7-10)17-18-14-15(19)12-4-2-3-5-13(12)16(14)20/h6-9,12-13,19H,2-5H2,1H3. The van der Waals surface area contributed by atoms with E-state index in [1.54, 1.807) is 0 Å². The Bertz CT molecular complexity index is 587. The van der Waals surface area contributed by atoms with E-state index in [2.05, 4.69) is 10.2 Å². The van der Waals surface area contributed by atoms with Gasteiger partial charge in [0.25, 0.3) is 0 Å². The molecule has 20 heavy (non-hydrogen) atoms. The average Bonchev–Trinajstić information content (AvgIpc) is 2.71. The minimum atomic E-state index is -0.0734. The Morgan fingerprint density at radius 3 is 2.35 bits per heavy atom. The first kappa shape index (κ1) is 13.0. The molecule has 0 aromatic heterocycles. The third kappa shape index (κ3) is 2.26. The lowest BCUT2D eigenvalue weighted by molar-refractivity contribution is -0.120. The monoisotopic (exact) mass is 270 g/mol. The summed E-state index contributed by atoms with van der Waals surface area (Å²) in [6, 6.07) is 7.59. The van der Waals surface area contributed by atoms with E-state index in [9.17, 15) is 9.90 Å². The molecule has 2 aliphatic rings. The number of aryl methyl sites for hydroxylation is 1. The highest BCUT2D eigenvalue weighted by Crippen LogP contribution is 2.43. The van der Waals surface area contributed by atoms with Crippen LogP contribution in [0.15, 0.2) is 46.0 Å². The summed E-state index contributed by atoms with van der Waals surface area (Å²) in [6.45, 7) is 2.00. The van der Waals surface area contributed by atoms with Crippen molar-refractivity contribution in [3.05, 3.63) is 41.3 Å². The lowest BCUT2D eigenvalue weighted by Gasteiger charge is -2.23. The quantitative estimate of drug-likeness (QED) is 0.817. The molecule has 1 aromatic rings. The maximum atomic E-state index is 12.3. The molecule has 0 aliphatic heterocycles. The number of rotatable bonds is 2. The van der Waals surface area contributed by atoms with Crippen molar-refractivity contribution in [1.82, 2.24) is 0 Å². The third-order valence-corrected chi connectivity index (χ3v) is 4.23. The van der Waals surface area contributed by atoms with Crippen LogP contribution in [0.4, 0.5) is 5.69 Å². The molecule has 4 heteroatoms. The van der Waals surface area contributed by atoms with E-state index in [-0.39, 0.29) is 29.1 Å². The zero-order valence-corrected chi connectivity index (χ0v) is 11.5. The Morgan fingerprint density at radius 2 is 1.70 bits per heavy atom. The van der Waals surface area contributed by atoms with Gasteiger partial charge in [-0.05, 0) is 31.9 Å². The Morgan fingerprint density at radius 1 is 1.05 bits per heavy atom. The molecule has 0 saturated heterocycles. The summed E-state index contributed by atoms with van der Waals surface area (Å²) in [5, 5.41) is 18.3. The molecule has 3 rings (SSSR count). The summed E-state index contributed by atoms with van der Waals surface area (Å²) < 4.78 is 0. The number of ketones is 1. The topological polar surface area (TPSA) is 62.0 Å².